The minimum atomic E-state index is 0.107. The summed E-state index contributed by atoms with van der Waals surface area (Å²) in [5, 5.41) is 7.61. The first-order chi connectivity index (χ1) is 14.5. The number of aromatic nitrogens is 1. The minimum absolute atomic E-state index is 0.107. The highest BCUT2D eigenvalue weighted by Crippen LogP contribution is 2.21. The number of carbonyl (C=O) groups excluding carboxylic acids is 1. The number of likely N-dealkylation sites (tertiary alicyclic amines) is 1. The molecule has 6 nitrogen and oxygen atoms in total. The van der Waals surface area contributed by atoms with Gasteiger partial charge in [0.25, 0.3) is 0 Å². The van der Waals surface area contributed by atoms with Gasteiger partial charge in [0.05, 0.1) is 17.2 Å². The Kier molecular flexibility index (Phi) is 8.25. The van der Waals surface area contributed by atoms with Crippen LogP contribution in [-0.4, -0.2) is 47.9 Å². The van der Waals surface area contributed by atoms with E-state index in [2.05, 4.69) is 50.9 Å². The average molecular weight is 428 g/mol. The van der Waals surface area contributed by atoms with Gasteiger partial charge in [-0.3, -0.25) is 4.79 Å². The van der Waals surface area contributed by atoms with Gasteiger partial charge in [0.1, 0.15) is 6.54 Å². The maximum absolute atomic E-state index is 12.7. The second-order valence-electron chi connectivity index (χ2n) is 7.80. The van der Waals surface area contributed by atoms with Gasteiger partial charge in [0.15, 0.2) is 5.96 Å². The van der Waals surface area contributed by atoms with Gasteiger partial charge in [-0.1, -0.05) is 30.3 Å². The fraction of sp³-hybridized carbons (Fsp3) is 0.522. The van der Waals surface area contributed by atoms with E-state index in [1.807, 2.05) is 25.7 Å². The fourth-order valence-electron chi connectivity index (χ4n) is 3.82. The highest BCUT2D eigenvalue weighted by atomic mass is 32.1. The Labute approximate surface area is 183 Å². The summed E-state index contributed by atoms with van der Waals surface area (Å²) in [4.78, 5) is 24.8. The number of hydrogen-bond acceptors (Lipinski definition) is 4. The van der Waals surface area contributed by atoms with E-state index in [4.69, 9.17) is 0 Å². The first-order valence-electron chi connectivity index (χ1n) is 10.8. The molecule has 0 unspecified atom stereocenters. The number of carbonyl (C=O) groups is 1. The van der Waals surface area contributed by atoms with Crippen molar-refractivity contribution in [3.8, 4) is 0 Å². The molecule has 3 rings (SSSR count). The number of rotatable bonds is 7. The van der Waals surface area contributed by atoms with Crippen LogP contribution in [-0.2, 0) is 17.8 Å². The summed E-state index contributed by atoms with van der Waals surface area (Å²) in [6.07, 6.45) is 3.23. The summed E-state index contributed by atoms with van der Waals surface area (Å²) in [6, 6.07) is 10.6. The molecule has 1 amide bonds. The number of nitrogens with zero attached hydrogens (tertiary/aromatic N) is 3. The smallest absolute Gasteiger partial charge is 0.244 e. The van der Waals surface area contributed by atoms with Gasteiger partial charge in [-0.2, -0.15) is 0 Å². The number of benzene rings is 1. The van der Waals surface area contributed by atoms with Gasteiger partial charge in [-0.15, -0.1) is 11.3 Å². The third-order valence-electron chi connectivity index (χ3n) is 5.47. The van der Waals surface area contributed by atoms with Gasteiger partial charge >= 0.3 is 0 Å². The molecule has 7 heteroatoms. The number of piperidine rings is 1. The summed E-state index contributed by atoms with van der Waals surface area (Å²) < 4.78 is 0. The number of aryl methyl sites for hydroxylation is 2. The van der Waals surface area contributed by atoms with E-state index < -0.39 is 0 Å². The van der Waals surface area contributed by atoms with Gasteiger partial charge in [-0.05, 0) is 51.5 Å². The second-order valence-corrected chi connectivity index (χ2v) is 9.09. The molecule has 2 N–H and O–H groups in total. The number of nitrogens with one attached hydrogen (secondary N) is 2. The van der Waals surface area contributed by atoms with Crippen LogP contribution in [0, 0.1) is 19.8 Å². The number of thiazole rings is 1. The maximum Gasteiger partial charge on any atom is 0.244 e. The Hall–Kier alpha value is -2.41. The predicted octanol–water partition coefficient (Wildman–Crippen LogP) is 3.30. The summed E-state index contributed by atoms with van der Waals surface area (Å²) in [5.74, 6) is 1.44. The molecule has 1 fully saturated rings. The Morgan fingerprint density at radius 3 is 2.57 bits per heavy atom. The van der Waals surface area contributed by atoms with Gasteiger partial charge < -0.3 is 15.5 Å². The second kappa shape index (κ2) is 11.1. The number of amides is 1. The molecule has 1 aromatic carbocycles. The van der Waals surface area contributed by atoms with Crippen molar-refractivity contribution in [3.05, 3.63) is 51.5 Å². The van der Waals surface area contributed by atoms with E-state index in [9.17, 15) is 4.79 Å². The van der Waals surface area contributed by atoms with Gasteiger partial charge in [0, 0.05) is 24.5 Å². The van der Waals surface area contributed by atoms with Crippen LogP contribution in [0.25, 0.3) is 0 Å². The third kappa shape index (κ3) is 6.55. The zero-order chi connectivity index (χ0) is 21.3. The fourth-order valence-corrected chi connectivity index (χ4v) is 4.70. The van der Waals surface area contributed by atoms with E-state index in [0.29, 0.717) is 18.4 Å². The van der Waals surface area contributed by atoms with Crippen molar-refractivity contribution in [1.82, 2.24) is 20.5 Å². The Bertz CT molecular complexity index is 841. The molecule has 0 spiro atoms. The highest BCUT2D eigenvalue weighted by molar-refractivity contribution is 7.11. The molecule has 1 aliphatic rings. The quantitative estimate of drug-likeness (QED) is 0.525. The number of aliphatic imine (C=N–C) groups is 1. The maximum atomic E-state index is 12.7. The lowest BCUT2D eigenvalue weighted by Crippen LogP contribution is -2.41. The van der Waals surface area contributed by atoms with Crippen molar-refractivity contribution in [2.24, 2.45) is 10.9 Å². The van der Waals surface area contributed by atoms with Crippen LogP contribution in [0.3, 0.4) is 0 Å². The van der Waals surface area contributed by atoms with Crippen molar-refractivity contribution in [2.75, 3.05) is 26.2 Å². The molecule has 0 radical (unpaired) electrons. The van der Waals surface area contributed by atoms with E-state index in [-0.39, 0.29) is 12.5 Å². The normalized spacial score (nSPS) is 15.3. The Morgan fingerprint density at radius 2 is 1.93 bits per heavy atom. The molecule has 30 heavy (non-hydrogen) atoms. The van der Waals surface area contributed by atoms with Crippen LogP contribution in [0.5, 0.6) is 0 Å². The molecule has 0 aliphatic carbocycles. The van der Waals surface area contributed by atoms with Gasteiger partial charge in [-0.25, -0.2) is 9.98 Å². The monoisotopic (exact) mass is 427 g/mol. The van der Waals surface area contributed by atoms with Crippen LogP contribution in [0.1, 0.15) is 40.9 Å². The zero-order valence-electron chi connectivity index (χ0n) is 18.3. The molecule has 0 atom stereocenters. The lowest BCUT2D eigenvalue weighted by Gasteiger charge is -2.31. The van der Waals surface area contributed by atoms with Gasteiger partial charge in [0.2, 0.25) is 5.91 Å². The lowest BCUT2D eigenvalue weighted by molar-refractivity contribution is -0.130. The third-order valence-corrected chi connectivity index (χ3v) is 6.54. The summed E-state index contributed by atoms with van der Waals surface area (Å²) >= 11 is 1.69. The molecule has 1 aliphatic heterocycles. The standard InChI is InChI=1S/C23H33N5OS/c1-4-24-23(25-15-21-17(2)27-18(3)30-21)26-16-22(29)28-12-10-20(11-13-28)14-19-8-6-5-7-9-19/h5-9,20H,4,10-16H2,1-3H3,(H2,24,25,26). The van der Waals surface area contributed by atoms with Crippen molar-refractivity contribution < 1.29 is 4.79 Å². The van der Waals surface area contributed by atoms with Crippen LogP contribution in [0.4, 0.5) is 0 Å². The molecule has 2 heterocycles. The molecule has 162 valence electrons. The van der Waals surface area contributed by atoms with E-state index in [1.165, 1.54) is 10.4 Å². The van der Waals surface area contributed by atoms with Crippen LogP contribution in [0.15, 0.2) is 35.3 Å². The van der Waals surface area contributed by atoms with E-state index in [0.717, 1.165) is 49.6 Å². The van der Waals surface area contributed by atoms with Crippen molar-refractivity contribution in [3.63, 3.8) is 0 Å². The van der Waals surface area contributed by atoms with E-state index >= 15 is 0 Å². The minimum Gasteiger partial charge on any atom is -0.357 e. The average Bonchev–Trinajstić information content (AvgIpc) is 3.08. The van der Waals surface area contributed by atoms with Crippen LogP contribution in [0.2, 0.25) is 0 Å². The highest BCUT2D eigenvalue weighted by Gasteiger charge is 2.22. The lowest BCUT2D eigenvalue weighted by atomic mass is 9.90. The zero-order valence-corrected chi connectivity index (χ0v) is 19.1. The molecule has 0 bridgehead atoms. The molecular formula is C23H33N5OS. The van der Waals surface area contributed by atoms with Crippen molar-refractivity contribution in [2.45, 2.75) is 46.6 Å². The summed E-state index contributed by atoms with van der Waals surface area (Å²) in [5.41, 5.74) is 2.44. The first-order valence-corrected chi connectivity index (χ1v) is 11.6. The first kappa shape index (κ1) is 22.3. The molecule has 0 saturated carbocycles. The van der Waals surface area contributed by atoms with Crippen LogP contribution >= 0.6 is 11.3 Å². The van der Waals surface area contributed by atoms with Crippen molar-refractivity contribution >= 4 is 23.2 Å². The molecule has 2 aromatic rings. The topological polar surface area (TPSA) is 69.6 Å². The molecule has 1 aromatic heterocycles. The van der Waals surface area contributed by atoms with E-state index in [1.54, 1.807) is 11.3 Å². The van der Waals surface area contributed by atoms with Crippen LogP contribution < -0.4 is 10.6 Å². The van der Waals surface area contributed by atoms with Crippen molar-refractivity contribution in [1.29, 1.82) is 0 Å². The SMILES string of the molecule is CCNC(=NCC(=O)N1CCC(Cc2ccccc2)CC1)NCc1sc(C)nc1C. The number of hydrogen-bond donors (Lipinski definition) is 2. The Balaban J connectivity index is 1.46. The summed E-state index contributed by atoms with van der Waals surface area (Å²) in [6.45, 7) is 9.33. The summed E-state index contributed by atoms with van der Waals surface area (Å²) in [7, 11) is 0. The molecule has 1 saturated heterocycles. The largest absolute Gasteiger partial charge is 0.357 e. The number of guanidine groups is 1. The molecular weight excluding hydrogens is 394 g/mol. The predicted molar refractivity (Wildman–Crippen MR) is 124 cm³/mol. The Morgan fingerprint density at radius 1 is 1.20 bits per heavy atom.